The van der Waals surface area contributed by atoms with E-state index in [-0.39, 0.29) is 0 Å². The van der Waals surface area contributed by atoms with E-state index in [2.05, 4.69) is 97.1 Å². The summed E-state index contributed by atoms with van der Waals surface area (Å²) in [6, 6.07) is 43.7. The Morgan fingerprint density at radius 1 is 0.471 bits per heavy atom. The molecule has 0 radical (unpaired) electrons. The molecule has 0 aliphatic heterocycles. The van der Waals surface area contributed by atoms with Crippen molar-refractivity contribution in [2.24, 2.45) is 0 Å². The standard InChI is InChI=1S/C32H23NO/c33-24-15-9-16-25(21-24)34-29-20-10-19-28-30(22-11-3-1-4-12-22)26-17-7-8-18-27(26)31(32(28)29)23-13-5-2-6-14-23/h1-21H,33H2. The van der Waals surface area contributed by atoms with Crippen LogP contribution in [0.1, 0.15) is 0 Å². The van der Waals surface area contributed by atoms with Crippen molar-refractivity contribution in [3.63, 3.8) is 0 Å². The van der Waals surface area contributed by atoms with E-state index in [0.717, 1.165) is 27.8 Å². The quantitative estimate of drug-likeness (QED) is 0.221. The van der Waals surface area contributed by atoms with Crippen LogP contribution >= 0.6 is 0 Å². The number of nitrogens with two attached hydrogens (primary N) is 1. The molecule has 6 aromatic rings. The minimum atomic E-state index is 0.677. The van der Waals surface area contributed by atoms with E-state index in [9.17, 15) is 0 Å². The largest absolute Gasteiger partial charge is 0.457 e. The Morgan fingerprint density at radius 3 is 1.71 bits per heavy atom. The lowest BCUT2D eigenvalue weighted by atomic mass is 9.85. The molecule has 6 rings (SSSR count). The van der Waals surface area contributed by atoms with Crippen LogP contribution in [-0.4, -0.2) is 0 Å². The first-order chi connectivity index (χ1) is 16.8. The van der Waals surface area contributed by atoms with E-state index in [1.54, 1.807) is 0 Å². The first kappa shape index (κ1) is 20.1. The second-order valence-corrected chi connectivity index (χ2v) is 8.38. The molecule has 0 unspecified atom stereocenters. The van der Waals surface area contributed by atoms with E-state index in [1.165, 1.54) is 27.5 Å². The average Bonchev–Trinajstić information content (AvgIpc) is 2.88. The summed E-state index contributed by atoms with van der Waals surface area (Å²) in [4.78, 5) is 0. The maximum atomic E-state index is 6.49. The summed E-state index contributed by atoms with van der Waals surface area (Å²) in [7, 11) is 0. The van der Waals surface area contributed by atoms with Gasteiger partial charge in [-0.1, -0.05) is 103 Å². The van der Waals surface area contributed by atoms with Crippen molar-refractivity contribution in [2.75, 3.05) is 5.73 Å². The molecule has 2 nitrogen and oxygen atoms in total. The molecule has 0 amide bonds. The third kappa shape index (κ3) is 3.46. The lowest BCUT2D eigenvalue weighted by molar-refractivity contribution is 0.489. The highest BCUT2D eigenvalue weighted by Gasteiger charge is 2.19. The fourth-order valence-electron chi connectivity index (χ4n) is 4.81. The number of benzene rings is 6. The van der Waals surface area contributed by atoms with Crippen molar-refractivity contribution in [2.45, 2.75) is 0 Å². The van der Waals surface area contributed by atoms with Gasteiger partial charge in [-0.2, -0.15) is 0 Å². The Kier molecular flexibility index (Phi) is 4.97. The molecule has 2 heteroatoms. The number of hydrogen-bond donors (Lipinski definition) is 1. The van der Waals surface area contributed by atoms with Gasteiger partial charge in [0, 0.05) is 22.7 Å². The van der Waals surface area contributed by atoms with Gasteiger partial charge in [-0.05, 0) is 51.0 Å². The van der Waals surface area contributed by atoms with Crippen molar-refractivity contribution in [3.8, 4) is 33.8 Å². The van der Waals surface area contributed by atoms with E-state index in [1.807, 2.05) is 30.3 Å². The molecule has 162 valence electrons. The van der Waals surface area contributed by atoms with Crippen LogP contribution in [-0.2, 0) is 0 Å². The third-order valence-electron chi connectivity index (χ3n) is 6.22. The van der Waals surface area contributed by atoms with Gasteiger partial charge in [-0.3, -0.25) is 0 Å². The first-order valence-corrected chi connectivity index (χ1v) is 11.4. The van der Waals surface area contributed by atoms with Gasteiger partial charge in [-0.15, -0.1) is 0 Å². The Labute approximate surface area is 198 Å². The molecule has 0 bridgehead atoms. The van der Waals surface area contributed by atoms with Gasteiger partial charge in [0.05, 0.1) is 0 Å². The highest BCUT2D eigenvalue weighted by atomic mass is 16.5. The van der Waals surface area contributed by atoms with Crippen molar-refractivity contribution in [1.29, 1.82) is 0 Å². The molecule has 0 heterocycles. The molecular weight excluding hydrogens is 414 g/mol. The molecule has 0 spiro atoms. The molecule has 0 saturated carbocycles. The van der Waals surface area contributed by atoms with Gasteiger partial charge in [0.2, 0.25) is 0 Å². The second-order valence-electron chi connectivity index (χ2n) is 8.38. The van der Waals surface area contributed by atoms with Crippen molar-refractivity contribution in [3.05, 3.63) is 127 Å². The molecule has 34 heavy (non-hydrogen) atoms. The fourth-order valence-corrected chi connectivity index (χ4v) is 4.81. The van der Waals surface area contributed by atoms with Crippen LogP contribution < -0.4 is 10.5 Å². The van der Waals surface area contributed by atoms with Crippen LogP contribution in [0.5, 0.6) is 11.5 Å². The summed E-state index contributed by atoms with van der Waals surface area (Å²) >= 11 is 0. The van der Waals surface area contributed by atoms with Crippen molar-refractivity contribution < 1.29 is 4.74 Å². The minimum Gasteiger partial charge on any atom is -0.457 e. The first-order valence-electron chi connectivity index (χ1n) is 11.4. The molecular formula is C32H23NO. The molecule has 0 fully saturated rings. The monoisotopic (exact) mass is 437 g/mol. The van der Waals surface area contributed by atoms with Crippen LogP contribution in [0.4, 0.5) is 5.69 Å². The molecule has 0 aliphatic rings. The topological polar surface area (TPSA) is 35.2 Å². The number of rotatable bonds is 4. The minimum absolute atomic E-state index is 0.677. The summed E-state index contributed by atoms with van der Waals surface area (Å²) in [6.07, 6.45) is 0. The Morgan fingerprint density at radius 2 is 1.03 bits per heavy atom. The van der Waals surface area contributed by atoms with Crippen LogP contribution in [0.25, 0.3) is 43.8 Å². The molecule has 0 aromatic heterocycles. The normalized spacial score (nSPS) is 11.1. The van der Waals surface area contributed by atoms with Crippen molar-refractivity contribution >= 4 is 27.2 Å². The molecule has 0 atom stereocenters. The zero-order chi connectivity index (χ0) is 22.9. The lowest BCUT2D eigenvalue weighted by Gasteiger charge is -2.20. The van der Waals surface area contributed by atoms with E-state index >= 15 is 0 Å². The van der Waals surface area contributed by atoms with Gasteiger partial charge in [0.15, 0.2) is 0 Å². The van der Waals surface area contributed by atoms with E-state index in [4.69, 9.17) is 10.5 Å². The Hall–Kier alpha value is -4.56. The maximum Gasteiger partial charge on any atom is 0.135 e. The predicted octanol–water partition coefficient (Wildman–Crippen LogP) is 8.70. The van der Waals surface area contributed by atoms with Gasteiger partial charge in [0.25, 0.3) is 0 Å². The zero-order valence-corrected chi connectivity index (χ0v) is 18.6. The summed E-state index contributed by atoms with van der Waals surface area (Å²) in [5.74, 6) is 1.53. The summed E-state index contributed by atoms with van der Waals surface area (Å²) in [5, 5.41) is 4.67. The van der Waals surface area contributed by atoms with Crippen LogP contribution in [0.2, 0.25) is 0 Å². The van der Waals surface area contributed by atoms with Crippen molar-refractivity contribution in [1.82, 2.24) is 0 Å². The van der Waals surface area contributed by atoms with E-state index < -0.39 is 0 Å². The van der Waals surface area contributed by atoms with Crippen LogP contribution in [0, 0.1) is 0 Å². The second kappa shape index (κ2) is 8.42. The maximum absolute atomic E-state index is 6.49. The number of fused-ring (bicyclic) bond motifs is 2. The van der Waals surface area contributed by atoms with Gasteiger partial charge >= 0.3 is 0 Å². The summed E-state index contributed by atoms with van der Waals surface area (Å²) in [5.41, 5.74) is 11.4. The van der Waals surface area contributed by atoms with Gasteiger partial charge < -0.3 is 10.5 Å². The third-order valence-corrected chi connectivity index (χ3v) is 6.22. The summed E-state index contributed by atoms with van der Waals surface area (Å²) in [6.45, 7) is 0. The van der Waals surface area contributed by atoms with Gasteiger partial charge in [0.1, 0.15) is 11.5 Å². The Balaban J connectivity index is 1.77. The van der Waals surface area contributed by atoms with Crippen LogP contribution in [0.15, 0.2) is 127 Å². The predicted molar refractivity (Wildman–Crippen MR) is 143 cm³/mol. The zero-order valence-electron chi connectivity index (χ0n) is 18.6. The van der Waals surface area contributed by atoms with Gasteiger partial charge in [-0.25, -0.2) is 0 Å². The number of anilines is 1. The number of hydrogen-bond acceptors (Lipinski definition) is 2. The lowest BCUT2D eigenvalue weighted by Crippen LogP contribution is -1.94. The highest BCUT2D eigenvalue weighted by molar-refractivity contribution is 6.22. The summed E-state index contributed by atoms with van der Waals surface area (Å²) < 4.78 is 6.49. The molecule has 0 saturated heterocycles. The molecule has 2 N–H and O–H groups in total. The number of ether oxygens (including phenoxy) is 1. The molecule has 0 aliphatic carbocycles. The Bertz CT molecular complexity index is 1620. The molecule has 6 aromatic carbocycles. The SMILES string of the molecule is Nc1cccc(Oc2cccc3c(-c4ccccc4)c4ccccc4c(-c4ccccc4)c23)c1. The number of nitrogen functional groups attached to an aromatic ring is 1. The van der Waals surface area contributed by atoms with E-state index in [0.29, 0.717) is 5.69 Å². The average molecular weight is 438 g/mol. The smallest absolute Gasteiger partial charge is 0.135 e. The van der Waals surface area contributed by atoms with Crippen LogP contribution in [0.3, 0.4) is 0 Å². The fraction of sp³-hybridized carbons (Fsp3) is 0. The highest BCUT2D eigenvalue weighted by Crippen LogP contribution is 2.47.